The summed E-state index contributed by atoms with van der Waals surface area (Å²) in [5.41, 5.74) is 0. The molecule has 1 fully saturated rings. The van der Waals surface area contributed by atoms with Gasteiger partial charge in [0.2, 0.25) is 11.1 Å². The summed E-state index contributed by atoms with van der Waals surface area (Å²) >= 11 is 1.18. The molecule has 0 amide bonds. The quantitative estimate of drug-likeness (QED) is 0.691. The number of aliphatic hydroxyl groups is 2. The molecule has 21 heavy (non-hydrogen) atoms. The second-order valence-corrected chi connectivity index (χ2v) is 5.88. The highest BCUT2D eigenvalue weighted by Crippen LogP contribution is 2.27. The summed E-state index contributed by atoms with van der Waals surface area (Å²) in [6.07, 6.45) is -2.51. The summed E-state index contributed by atoms with van der Waals surface area (Å²) in [6.45, 7) is 1.88. The number of rotatable bonds is 5. The van der Waals surface area contributed by atoms with Crippen LogP contribution in [0.2, 0.25) is 0 Å². The Morgan fingerprint density at radius 3 is 2.62 bits per heavy atom. The van der Waals surface area contributed by atoms with E-state index in [1.165, 1.54) is 18.6 Å². The first kappa shape index (κ1) is 16.4. The molecule has 0 spiro atoms. The Labute approximate surface area is 127 Å². The van der Waals surface area contributed by atoms with Crippen molar-refractivity contribution >= 4 is 22.6 Å². The van der Waals surface area contributed by atoms with Crippen LogP contribution < -0.4 is 10.2 Å². The van der Waals surface area contributed by atoms with Gasteiger partial charge in [-0.15, -0.1) is 0 Å². The van der Waals surface area contributed by atoms with Gasteiger partial charge in [-0.05, 0) is 6.42 Å². The second-order valence-electron chi connectivity index (χ2n) is 5.13. The lowest BCUT2D eigenvalue weighted by Crippen LogP contribution is -2.60. The molecule has 0 aromatic carbocycles. The van der Waals surface area contributed by atoms with E-state index in [-0.39, 0.29) is 0 Å². The number of hydrogen-bond donors (Lipinski definition) is 3. The lowest BCUT2D eigenvalue weighted by molar-refractivity contribution is -0.248. The maximum absolute atomic E-state index is 10.3. The number of hydrogen-bond acceptors (Lipinski definition) is 9. The molecule has 0 bridgehead atoms. The normalized spacial score (nSPS) is 33.0. The average molecular weight is 318 g/mol. The van der Waals surface area contributed by atoms with Crippen LogP contribution in [0.3, 0.4) is 0 Å². The number of nitrogens with one attached hydrogen (secondary N) is 1. The summed E-state index contributed by atoms with van der Waals surface area (Å²) in [4.78, 5) is 6.07. The Balaban J connectivity index is 2.12. The van der Waals surface area contributed by atoms with Gasteiger partial charge in [-0.3, -0.25) is 0 Å². The largest absolute Gasteiger partial charge is 0.388 e. The molecule has 120 valence electrons. The predicted molar refractivity (Wildman–Crippen MR) is 79.6 cm³/mol. The van der Waals surface area contributed by atoms with E-state index in [0.717, 1.165) is 0 Å². The molecule has 1 aromatic rings. The Hall–Kier alpha value is -1.00. The maximum atomic E-state index is 10.3. The Bertz CT molecular complexity index is 456. The lowest BCUT2D eigenvalue weighted by atomic mass is 9.95. The zero-order valence-electron chi connectivity index (χ0n) is 12.6. The van der Waals surface area contributed by atoms with Gasteiger partial charge in [-0.2, -0.15) is 9.36 Å². The van der Waals surface area contributed by atoms with Gasteiger partial charge in [0, 0.05) is 32.7 Å². The van der Waals surface area contributed by atoms with Crippen LogP contribution >= 0.6 is 11.5 Å². The molecule has 3 N–H and O–H groups in total. The SMILES string of the molecule is CC[C@H]1O[C@H](OC)[C@@H](Nc2nc(N(C)C)ns2)[C@@H](O)[C@H]1O. The van der Waals surface area contributed by atoms with E-state index in [1.54, 1.807) is 4.90 Å². The summed E-state index contributed by atoms with van der Waals surface area (Å²) in [6, 6.07) is -0.615. The van der Waals surface area contributed by atoms with E-state index in [1.807, 2.05) is 21.0 Å². The number of aromatic nitrogens is 2. The monoisotopic (exact) mass is 318 g/mol. The number of aliphatic hydroxyl groups excluding tert-OH is 2. The number of anilines is 2. The molecule has 1 saturated heterocycles. The average Bonchev–Trinajstić information content (AvgIpc) is 2.93. The topological polar surface area (TPSA) is 100.0 Å². The first-order valence-corrected chi connectivity index (χ1v) is 7.57. The van der Waals surface area contributed by atoms with Crippen LogP contribution in [0.1, 0.15) is 13.3 Å². The summed E-state index contributed by atoms with van der Waals surface area (Å²) in [7, 11) is 5.19. The standard InChI is InChI=1S/C12H22N4O4S/c1-5-6-8(17)9(18)7(10(19-4)20-6)13-12-14-11(15-21-12)16(2)3/h6-10,17-18H,5H2,1-4H3,(H,13,14,15)/t6-,7+,8+,9-,10+/m1/s1. The van der Waals surface area contributed by atoms with Gasteiger partial charge >= 0.3 is 0 Å². The van der Waals surface area contributed by atoms with Crippen LogP contribution in [0.25, 0.3) is 0 Å². The first-order chi connectivity index (χ1) is 9.97. The van der Waals surface area contributed by atoms with Crippen molar-refractivity contribution in [2.24, 2.45) is 0 Å². The third-order valence-electron chi connectivity index (χ3n) is 3.44. The van der Waals surface area contributed by atoms with Crippen LogP contribution in [-0.2, 0) is 9.47 Å². The Morgan fingerprint density at radius 1 is 1.38 bits per heavy atom. The molecular weight excluding hydrogens is 296 g/mol. The minimum Gasteiger partial charge on any atom is -0.388 e. The Morgan fingerprint density at radius 2 is 2.10 bits per heavy atom. The van der Waals surface area contributed by atoms with E-state index in [0.29, 0.717) is 17.5 Å². The van der Waals surface area contributed by atoms with Gasteiger partial charge in [0.05, 0.1) is 6.10 Å². The van der Waals surface area contributed by atoms with Crippen molar-refractivity contribution in [3.8, 4) is 0 Å². The summed E-state index contributed by atoms with van der Waals surface area (Å²) in [5, 5.41) is 24.0. The highest BCUT2D eigenvalue weighted by atomic mass is 32.1. The highest BCUT2D eigenvalue weighted by molar-refractivity contribution is 7.09. The van der Waals surface area contributed by atoms with Gasteiger partial charge in [0.1, 0.15) is 18.2 Å². The van der Waals surface area contributed by atoms with Crippen molar-refractivity contribution in [1.29, 1.82) is 0 Å². The van der Waals surface area contributed by atoms with E-state index < -0.39 is 30.6 Å². The second kappa shape index (κ2) is 6.84. The van der Waals surface area contributed by atoms with Crippen molar-refractivity contribution < 1.29 is 19.7 Å². The van der Waals surface area contributed by atoms with Crippen molar-refractivity contribution in [2.45, 2.75) is 44.0 Å². The third kappa shape index (κ3) is 3.43. The van der Waals surface area contributed by atoms with Gasteiger partial charge in [-0.1, -0.05) is 6.92 Å². The third-order valence-corrected chi connectivity index (χ3v) is 4.08. The molecule has 9 heteroatoms. The maximum Gasteiger partial charge on any atom is 0.238 e. The zero-order valence-corrected chi connectivity index (χ0v) is 13.4. The minimum absolute atomic E-state index is 0.449. The summed E-state index contributed by atoms with van der Waals surface area (Å²) < 4.78 is 15.1. The van der Waals surface area contributed by atoms with Gasteiger partial charge < -0.3 is 29.9 Å². The van der Waals surface area contributed by atoms with Crippen LogP contribution in [-0.4, -0.2) is 71.4 Å². The molecule has 0 aliphatic carbocycles. The van der Waals surface area contributed by atoms with Crippen molar-refractivity contribution in [3.63, 3.8) is 0 Å². The van der Waals surface area contributed by atoms with Gasteiger partial charge in [-0.25, -0.2) is 0 Å². The molecule has 1 aliphatic heterocycles. The summed E-state index contributed by atoms with van der Waals surface area (Å²) in [5.74, 6) is 0.578. The van der Waals surface area contributed by atoms with E-state index in [9.17, 15) is 10.2 Å². The van der Waals surface area contributed by atoms with Crippen LogP contribution in [0.4, 0.5) is 11.1 Å². The highest BCUT2D eigenvalue weighted by Gasteiger charge is 2.44. The molecule has 0 saturated carbocycles. The fourth-order valence-corrected chi connectivity index (χ4v) is 2.91. The molecule has 2 heterocycles. The van der Waals surface area contributed by atoms with Crippen molar-refractivity contribution in [2.75, 3.05) is 31.4 Å². The number of methoxy groups -OCH3 is 1. The molecule has 0 unspecified atom stereocenters. The molecule has 8 nitrogen and oxygen atoms in total. The van der Waals surface area contributed by atoms with Crippen LogP contribution in [0.15, 0.2) is 0 Å². The molecule has 2 rings (SSSR count). The molecular formula is C12H22N4O4S. The van der Waals surface area contributed by atoms with Crippen LogP contribution in [0.5, 0.6) is 0 Å². The predicted octanol–water partition coefficient (Wildman–Crippen LogP) is -0.112. The molecule has 1 aromatic heterocycles. The zero-order chi connectivity index (χ0) is 15.6. The van der Waals surface area contributed by atoms with Gasteiger partial charge in [0.15, 0.2) is 6.29 Å². The fourth-order valence-electron chi connectivity index (χ4n) is 2.22. The fraction of sp³-hybridized carbons (Fsp3) is 0.833. The molecule has 1 aliphatic rings. The lowest BCUT2D eigenvalue weighted by Gasteiger charge is -2.42. The first-order valence-electron chi connectivity index (χ1n) is 6.79. The van der Waals surface area contributed by atoms with Crippen LogP contribution in [0, 0.1) is 0 Å². The minimum atomic E-state index is -1.01. The molecule has 5 atom stereocenters. The Kier molecular flexibility index (Phi) is 5.33. The van der Waals surface area contributed by atoms with Crippen molar-refractivity contribution in [1.82, 2.24) is 9.36 Å². The van der Waals surface area contributed by atoms with E-state index in [4.69, 9.17) is 9.47 Å². The smallest absolute Gasteiger partial charge is 0.238 e. The number of ether oxygens (including phenoxy) is 2. The van der Waals surface area contributed by atoms with Gasteiger partial charge in [0.25, 0.3) is 0 Å². The molecule has 0 radical (unpaired) electrons. The van der Waals surface area contributed by atoms with E-state index >= 15 is 0 Å². The number of nitrogens with zero attached hydrogens (tertiary/aromatic N) is 3. The van der Waals surface area contributed by atoms with Crippen molar-refractivity contribution in [3.05, 3.63) is 0 Å². The van der Waals surface area contributed by atoms with E-state index in [2.05, 4.69) is 14.7 Å².